The lowest BCUT2D eigenvalue weighted by Crippen LogP contribution is -2.49. The van der Waals surface area contributed by atoms with Crippen molar-refractivity contribution in [2.45, 2.75) is 4.90 Å². The van der Waals surface area contributed by atoms with Crippen LogP contribution in [0.4, 0.5) is 11.4 Å². The molecule has 0 N–H and O–H groups in total. The van der Waals surface area contributed by atoms with Crippen molar-refractivity contribution in [3.8, 4) is 5.75 Å². The molecule has 0 bridgehead atoms. The highest BCUT2D eigenvalue weighted by Crippen LogP contribution is 2.31. The molecule has 0 aliphatic carbocycles. The lowest BCUT2D eigenvalue weighted by Gasteiger charge is -2.37. The molecule has 0 aromatic heterocycles. The summed E-state index contributed by atoms with van der Waals surface area (Å²) in [5, 5.41) is 0.543. The largest absolute Gasteiger partial charge is 0.495 e. The van der Waals surface area contributed by atoms with E-state index in [0.717, 1.165) is 17.6 Å². The molecule has 10 heteroatoms. The van der Waals surface area contributed by atoms with Crippen LogP contribution in [-0.2, 0) is 14.6 Å². The first-order chi connectivity index (χ1) is 15.8. The molecule has 0 radical (unpaired) electrons. The van der Waals surface area contributed by atoms with E-state index < -0.39 is 9.84 Å². The van der Waals surface area contributed by atoms with Gasteiger partial charge >= 0.3 is 0 Å². The van der Waals surface area contributed by atoms with Crippen molar-refractivity contribution in [2.24, 2.45) is 0 Å². The first kappa shape index (κ1) is 23.7. The maximum atomic E-state index is 13.5. The molecule has 2 aliphatic rings. The summed E-state index contributed by atoms with van der Waals surface area (Å²) in [5.41, 5.74) is 2.14. The zero-order valence-electron chi connectivity index (χ0n) is 18.8. The third-order valence-electron chi connectivity index (χ3n) is 6.05. The Labute approximate surface area is 199 Å². The molecule has 178 valence electrons. The highest BCUT2D eigenvalue weighted by Gasteiger charge is 2.27. The van der Waals surface area contributed by atoms with Crippen LogP contribution in [0.3, 0.4) is 0 Å². The molecule has 0 spiro atoms. The average Bonchev–Trinajstić information content (AvgIpc) is 2.83. The van der Waals surface area contributed by atoms with Gasteiger partial charge in [-0.25, -0.2) is 8.42 Å². The van der Waals surface area contributed by atoms with E-state index in [1.807, 2.05) is 18.2 Å². The molecular formula is C23H28ClN3O5S. The number of morpholine rings is 1. The van der Waals surface area contributed by atoms with E-state index in [4.69, 9.17) is 21.1 Å². The molecule has 8 nitrogen and oxygen atoms in total. The first-order valence-electron chi connectivity index (χ1n) is 10.8. The third-order valence-corrected chi connectivity index (χ3v) is 7.45. The van der Waals surface area contributed by atoms with Gasteiger partial charge in [0.15, 0.2) is 9.84 Å². The summed E-state index contributed by atoms with van der Waals surface area (Å²) in [6, 6.07) is 10.5. The van der Waals surface area contributed by atoms with E-state index in [2.05, 4.69) is 9.80 Å². The summed E-state index contributed by atoms with van der Waals surface area (Å²) in [5.74, 6) is 0.463. The van der Waals surface area contributed by atoms with Crippen molar-refractivity contribution >= 4 is 38.7 Å². The Morgan fingerprint density at radius 2 is 1.67 bits per heavy atom. The molecule has 33 heavy (non-hydrogen) atoms. The van der Waals surface area contributed by atoms with Gasteiger partial charge in [0.2, 0.25) is 0 Å². The van der Waals surface area contributed by atoms with Crippen LogP contribution in [-0.4, -0.2) is 85.1 Å². The van der Waals surface area contributed by atoms with E-state index in [1.54, 1.807) is 24.1 Å². The van der Waals surface area contributed by atoms with Gasteiger partial charge in [0.05, 0.1) is 35.8 Å². The lowest BCUT2D eigenvalue weighted by molar-refractivity contribution is 0.0746. The number of benzene rings is 2. The summed E-state index contributed by atoms with van der Waals surface area (Å²) in [7, 11) is -1.86. The molecule has 2 aromatic carbocycles. The number of carbonyl (C=O) groups excluding carboxylic acids is 1. The third kappa shape index (κ3) is 5.20. The highest BCUT2D eigenvalue weighted by molar-refractivity contribution is 7.90. The van der Waals surface area contributed by atoms with Crippen molar-refractivity contribution in [3.05, 3.63) is 47.0 Å². The van der Waals surface area contributed by atoms with E-state index in [0.29, 0.717) is 68.8 Å². The van der Waals surface area contributed by atoms with Crippen molar-refractivity contribution in [3.63, 3.8) is 0 Å². The van der Waals surface area contributed by atoms with Crippen molar-refractivity contribution in [2.75, 3.05) is 75.6 Å². The SMILES string of the molecule is COc1ccc(N2CCN(C(=O)c3cc(S(C)(=O)=O)ccc3N3CCOCC3)CC2)cc1Cl. The Hall–Kier alpha value is -2.49. The summed E-state index contributed by atoms with van der Waals surface area (Å²) in [6.07, 6.45) is 1.16. The van der Waals surface area contributed by atoms with Crippen LogP contribution < -0.4 is 14.5 Å². The molecule has 0 atom stereocenters. The normalized spacial score (nSPS) is 17.2. The van der Waals surface area contributed by atoms with Crippen molar-refractivity contribution in [1.82, 2.24) is 4.90 Å². The van der Waals surface area contributed by atoms with E-state index in [-0.39, 0.29) is 10.8 Å². The monoisotopic (exact) mass is 493 g/mol. The van der Waals surface area contributed by atoms with Crippen molar-refractivity contribution < 1.29 is 22.7 Å². The maximum Gasteiger partial charge on any atom is 0.256 e. The molecule has 1 amide bonds. The number of ether oxygens (including phenoxy) is 2. The maximum absolute atomic E-state index is 13.5. The molecule has 2 aliphatic heterocycles. The second-order valence-electron chi connectivity index (χ2n) is 8.15. The molecule has 4 rings (SSSR count). The number of piperazine rings is 1. The van der Waals surface area contributed by atoms with Crippen LogP contribution in [0.25, 0.3) is 0 Å². The first-order valence-corrected chi connectivity index (χ1v) is 13.1. The fourth-order valence-electron chi connectivity index (χ4n) is 4.19. The van der Waals surface area contributed by atoms with Gasteiger partial charge in [-0.1, -0.05) is 11.6 Å². The van der Waals surface area contributed by atoms with Gasteiger partial charge in [-0.15, -0.1) is 0 Å². The van der Waals surface area contributed by atoms with Gasteiger partial charge in [-0.05, 0) is 36.4 Å². The minimum atomic E-state index is -3.44. The molecule has 2 fully saturated rings. The van der Waals surface area contributed by atoms with Crippen LogP contribution in [0.2, 0.25) is 5.02 Å². The number of methoxy groups -OCH3 is 1. The number of rotatable bonds is 5. The number of hydrogen-bond acceptors (Lipinski definition) is 7. The molecule has 2 aromatic rings. The summed E-state index contributed by atoms with van der Waals surface area (Å²) in [4.78, 5) is 19.7. The Bertz CT molecular complexity index is 1130. The number of halogens is 1. The highest BCUT2D eigenvalue weighted by atomic mass is 35.5. The topological polar surface area (TPSA) is 79.4 Å². The Morgan fingerprint density at radius 1 is 0.970 bits per heavy atom. The summed E-state index contributed by atoms with van der Waals surface area (Å²) in [6.45, 7) is 4.80. The molecular weight excluding hydrogens is 466 g/mol. The van der Waals surface area contributed by atoms with Crippen LogP contribution in [0.1, 0.15) is 10.4 Å². The minimum Gasteiger partial charge on any atom is -0.495 e. The van der Waals surface area contributed by atoms with Crippen LogP contribution in [0, 0.1) is 0 Å². The van der Waals surface area contributed by atoms with Crippen LogP contribution in [0.15, 0.2) is 41.3 Å². The number of sulfone groups is 1. The van der Waals surface area contributed by atoms with Gasteiger partial charge in [-0.3, -0.25) is 4.79 Å². The van der Waals surface area contributed by atoms with Gasteiger partial charge in [0.1, 0.15) is 5.75 Å². The molecule has 2 heterocycles. The number of hydrogen-bond donors (Lipinski definition) is 0. The summed E-state index contributed by atoms with van der Waals surface area (Å²) < 4.78 is 35.0. The van der Waals surface area contributed by atoms with Gasteiger partial charge in [0, 0.05) is 56.9 Å². The van der Waals surface area contributed by atoms with E-state index in [9.17, 15) is 13.2 Å². The standard InChI is InChI=1S/C23H28ClN3O5S/c1-31-22-6-3-17(15-20(22)24)25-7-9-27(10-8-25)23(28)19-16-18(33(2,29)30)4-5-21(19)26-11-13-32-14-12-26/h3-6,15-16H,7-14H2,1-2H3. The lowest BCUT2D eigenvalue weighted by atomic mass is 10.1. The fourth-order valence-corrected chi connectivity index (χ4v) is 5.09. The van der Waals surface area contributed by atoms with Gasteiger partial charge in [-0.2, -0.15) is 0 Å². The van der Waals surface area contributed by atoms with Crippen LogP contribution in [0.5, 0.6) is 5.75 Å². The molecule has 0 unspecified atom stereocenters. The summed E-state index contributed by atoms with van der Waals surface area (Å²) >= 11 is 6.27. The zero-order valence-corrected chi connectivity index (χ0v) is 20.4. The molecule has 2 saturated heterocycles. The predicted octanol–water partition coefficient (Wildman–Crippen LogP) is 2.55. The van der Waals surface area contributed by atoms with Gasteiger partial charge < -0.3 is 24.2 Å². The van der Waals surface area contributed by atoms with Gasteiger partial charge in [0.25, 0.3) is 5.91 Å². The number of amides is 1. The average molecular weight is 494 g/mol. The smallest absolute Gasteiger partial charge is 0.256 e. The molecule has 0 saturated carbocycles. The Morgan fingerprint density at radius 3 is 2.27 bits per heavy atom. The Balaban J connectivity index is 1.54. The van der Waals surface area contributed by atoms with E-state index >= 15 is 0 Å². The number of anilines is 2. The quantitative estimate of drug-likeness (QED) is 0.633. The minimum absolute atomic E-state index is 0.148. The zero-order chi connectivity index (χ0) is 23.6. The second-order valence-corrected chi connectivity index (χ2v) is 10.6. The fraction of sp³-hybridized carbons (Fsp3) is 0.435. The second kappa shape index (κ2) is 9.79. The number of carbonyl (C=O) groups is 1. The predicted molar refractivity (Wildman–Crippen MR) is 129 cm³/mol. The van der Waals surface area contributed by atoms with Crippen LogP contribution >= 0.6 is 11.6 Å². The number of nitrogens with zero attached hydrogens (tertiary/aromatic N) is 3. The Kier molecular flexibility index (Phi) is 7.02. The van der Waals surface area contributed by atoms with Crippen molar-refractivity contribution in [1.29, 1.82) is 0 Å². The van der Waals surface area contributed by atoms with E-state index in [1.165, 1.54) is 6.07 Å².